The van der Waals surface area contributed by atoms with Crippen molar-refractivity contribution in [2.24, 2.45) is 0 Å². The van der Waals surface area contributed by atoms with Crippen LogP contribution in [-0.4, -0.2) is 31.8 Å². The van der Waals surface area contributed by atoms with Gasteiger partial charge in [0.05, 0.1) is 18.6 Å². The quantitative estimate of drug-likeness (QED) is 0.745. The van der Waals surface area contributed by atoms with Gasteiger partial charge in [-0.25, -0.2) is 0 Å². The van der Waals surface area contributed by atoms with E-state index in [-0.39, 0.29) is 11.5 Å². The summed E-state index contributed by atoms with van der Waals surface area (Å²) in [5.74, 6) is 0.711. The molecule has 1 aliphatic rings. The first-order chi connectivity index (χ1) is 9.63. The van der Waals surface area contributed by atoms with Gasteiger partial charge in [-0.1, -0.05) is 0 Å². The predicted molar refractivity (Wildman–Crippen MR) is 77.6 cm³/mol. The van der Waals surface area contributed by atoms with Gasteiger partial charge >= 0.3 is 0 Å². The lowest BCUT2D eigenvalue weighted by atomic mass is 9.80. The second kappa shape index (κ2) is 6.61. The van der Waals surface area contributed by atoms with Gasteiger partial charge in [-0.3, -0.25) is 4.79 Å². The van der Waals surface area contributed by atoms with Gasteiger partial charge in [0.2, 0.25) is 5.91 Å². The fourth-order valence-corrected chi connectivity index (χ4v) is 2.20. The van der Waals surface area contributed by atoms with Gasteiger partial charge in [0.1, 0.15) is 5.75 Å². The highest BCUT2D eigenvalue weighted by Gasteiger charge is 2.37. The van der Waals surface area contributed by atoms with E-state index < -0.39 is 0 Å². The third-order valence-corrected chi connectivity index (χ3v) is 3.78. The Morgan fingerprint density at radius 2 is 2.05 bits per heavy atom. The summed E-state index contributed by atoms with van der Waals surface area (Å²) in [7, 11) is 1.70. The first-order valence-corrected chi connectivity index (χ1v) is 6.94. The number of nitrogens with two attached hydrogens (primary N) is 1. The number of nitrogens with one attached hydrogen (secondary N) is 1. The summed E-state index contributed by atoms with van der Waals surface area (Å²) in [6, 6.07) is 7.13. The van der Waals surface area contributed by atoms with Gasteiger partial charge in [-0.15, -0.1) is 0 Å². The van der Waals surface area contributed by atoms with Gasteiger partial charge in [-0.05, 0) is 43.5 Å². The molecule has 0 radical (unpaired) electrons. The number of rotatable bonds is 7. The molecule has 3 N–H and O–H groups in total. The number of hydrogen-bond donors (Lipinski definition) is 2. The third-order valence-electron chi connectivity index (χ3n) is 3.78. The second-order valence-electron chi connectivity index (χ2n) is 5.18. The van der Waals surface area contributed by atoms with Crippen molar-refractivity contribution in [2.75, 3.05) is 26.0 Å². The van der Waals surface area contributed by atoms with Crippen LogP contribution in [0.4, 0.5) is 5.69 Å². The Labute approximate surface area is 119 Å². The average molecular weight is 278 g/mol. The average Bonchev–Trinajstić information content (AvgIpc) is 2.40. The summed E-state index contributed by atoms with van der Waals surface area (Å²) in [5.41, 5.74) is 6.15. The molecule has 2 rings (SSSR count). The molecule has 0 heterocycles. The number of nitrogen functional groups attached to an aromatic ring is 1. The van der Waals surface area contributed by atoms with E-state index in [1.165, 1.54) is 6.42 Å². The Bertz CT molecular complexity index is 435. The third kappa shape index (κ3) is 3.87. The maximum absolute atomic E-state index is 11.7. The Kier molecular flexibility index (Phi) is 4.84. The molecule has 0 unspecified atom stereocenters. The first kappa shape index (κ1) is 14.7. The maximum atomic E-state index is 11.7. The van der Waals surface area contributed by atoms with Crippen molar-refractivity contribution in [3.63, 3.8) is 0 Å². The number of methoxy groups -OCH3 is 1. The molecule has 5 heteroatoms. The molecule has 1 aromatic rings. The maximum Gasteiger partial charge on any atom is 0.223 e. The Balaban J connectivity index is 1.64. The van der Waals surface area contributed by atoms with E-state index in [4.69, 9.17) is 15.2 Å². The smallest absolute Gasteiger partial charge is 0.223 e. The first-order valence-electron chi connectivity index (χ1n) is 6.94. The normalized spacial score (nSPS) is 16.2. The molecule has 20 heavy (non-hydrogen) atoms. The van der Waals surface area contributed by atoms with Crippen molar-refractivity contribution in [1.82, 2.24) is 5.32 Å². The van der Waals surface area contributed by atoms with Crippen LogP contribution in [0.1, 0.15) is 25.7 Å². The van der Waals surface area contributed by atoms with E-state index in [0.717, 1.165) is 18.6 Å². The van der Waals surface area contributed by atoms with Gasteiger partial charge < -0.3 is 20.5 Å². The zero-order valence-corrected chi connectivity index (χ0v) is 11.9. The summed E-state index contributed by atoms with van der Waals surface area (Å²) in [6.45, 7) is 0.944. The molecule has 0 saturated heterocycles. The van der Waals surface area contributed by atoms with E-state index >= 15 is 0 Å². The zero-order valence-electron chi connectivity index (χ0n) is 11.9. The molecule has 5 nitrogen and oxygen atoms in total. The second-order valence-corrected chi connectivity index (χ2v) is 5.18. The number of amides is 1. The molecule has 0 aromatic heterocycles. The SMILES string of the molecule is COC1(CNC(=O)CCOc2ccc(N)cc2)CCC1. The van der Waals surface area contributed by atoms with Crippen molar-refractivity contribution < 1.29 is 14.3 Å². The van der Waals surface area contributed by atoms with Crippen LogP contribution in [0, 0.1) is 0 Å². The van der Waals surface area contributed by atoms with Crippen LogP contribution in [0.2, 0.25) is 0 Å². The largest absolute Gasteiger partial charge is 0.493 e. The molecule has 0 bridgehead atoms. The lowest BCUT2D eigenvalue weighted by molar-refractivity contribution is -0.125. The monoisotopic (exact) mass is 278 g/mol. The number of hydrogen-bond acceptors (Lipinski definition) is 4. The topological polar surface area (TPSA) is 73.6 Å². The number of anilines is 1. The van der Waals surface area contributed by atoms with Crippen LogP contribution >= 0.6 is 0 Å². The van der Waals surface area contributed by atoms with Crippen LogP contribution < -0.4 is 15.8 Å². The van der Waals surface area contributed by atoms with Crippen LogP contribution in [0.15, 0.2) is 24.3 Å². The fourth-order valence-electron chi connectivity index (χ4n) is 2.20. The number of carbonyl (C=O) groups excluding carboxylic acids is 1. The van der Waals surface area contributed by atoms with E-state index in [0.29, 0.717) is 25.3 Å². The van der Waals surface area contributed by atoms with Crippen molar-refractivity contribution in [3.8, 4) is 5.75 Å². The molecule has 0 aliphatic heterocycles. The molecule has 1 aromatic carbocycles. The molecule has 110 valence electrons. The summed E-state index contributed by atoms with van der Waals surface area (Å²) in [6.07, 6.45) is 3.55. The zero-order chi connectivity index (χ0) is 14.4. The van der Waals surface area contributed by atoms with E-state index in [2.05, 4.69) is 5.32 Å². The highest BCUT2D eigenvalue weighted by molar-refractivity contribution is 5.76. The number of carbonyl (C=O) groups is 1. The molecule has 0 spiro atoms. The minimum Gasteiger partial charge on any atom is -0.493 e. The van der Waals surface area contributed by atoms with Crippen LogP contribution in [-0.2, 0) is 9.53 Å². The lowest BCUT2D eigenvalue weighted by Crippen LogP contribution is -2.49. The fraction of sp³-hybridized carbons (Fsp3) is 0.533. The summed E-state index contributed by atoms with van der Waals surface area (Å²) in [5, 5.41) is 2.91. The Hall–Kier alpha value is -1.75. The molecule has 1 saturated carbocycles. The van der Waals surface area contributed by atoms with E-state index in [9.17, 15) is 4.79 Å². The minimum atomic E-state index is -0.131. The van der Waals surface area contributed by atoms with Crippen molar-refractivity contribution >= 4 is 11.6 Å². The lowest BCUT2D eigenvalue weighted by Gasteiger charge is -2.40. The van der Waals surface area contributed by atoms with Crippen molar-refractivity contribution in [3.05, 3.63) is 24.3 Å². The van der Waals surface area contributed by atoms with Gasteiger partial charge in [-0.2, -0.15) is 0 Å². The Morgan fingerprint density at radius 1 is 1.35 bits per heavy atom. The highest BCUT2D eigenvalue weighted by atomic mass is 16.5. The Morgan fingerprint density at radius 3 is 2.60 bits per heavy atom. The minimum absolute atomic E-state index is 0.0104. The summed E-state index contributed by atoms with van der Waals surface area (Å²) >= 11 is 0. The van der Waals surface area contributed by atoms with E-state index in [1.807, 2.05) is 0 Å². The summed E-state index contributed by atoms with van der Waals surface area (Å²) < 4.78 is 10.9. The molecular weight excluding hydrogens is 256 g/mol. The molecule has 1 amide bonds. The standard InChI is InChI=1S/C15H22N2O3/c1-19-15(8-2-9-15)11-17-14(18)7-10-20-13-5-3-12(16)4-6-13/h3-6H,2,7-11,16H2,1H3,(H,17,18). The highest BCUT2D eigenvalue weighted by Crippen LogP contribution is 2.34. The van der Waals surface area contributed by atoms with Gasteiger partial charge in [0, 0.05) is 19.3 Å². The van der Waals surface area contributed by atoms with Crippen LogP contribution in [0.5, 0.6) is 5.75 Å². The molecule has 1 fully saturated rings. The van der Waals surface area contributed by atoms with Crippen molar-refractivity contribution in [2.45, 2.75) is 31.3 Å². The van der Waals surface area contributed by atoms with E-state index in [1.54, 1.807) is 31.4 Å². The number of benzene rings is 1. The summed E-state index contributed by atoms with van der Waals surface area (Å²) in [4.78, 5) is 11.7. The van der Waals surface area contributed by atoms with Crippen LogP contribution in [0.3, 0.4) is 0 Å². The van der Waals surface area contributed by atoms with Crippen molar-refractivity contribution in [1.29, 1.82) is 0 Å². The molecule has 1 aliphatic carbocycles. The van der Waals surface area contributed by atoms with Gasteiger partial charge in [0.15, 0.2) is 0 Å². The number of ether oxygens (including phenoxy) is 2. The van der Waals surface area contributed by atoms with Crippen LogP contribution in [0.25, 0.3) is 0 Å². The predicted octanol–water partition coefficient (Wildman–Crippen LogP) is 1.72. The van der Waals surface area contributed by atoms with Gasteiger partial charge in [0.25, 0.3) is 0 Å². The molecule has 0 atom stereocenters. The molecular formula is C15H22N2O3.